The van der Waals surface area contributed by atoms with E-state index in [9.17, 15) is 4.79 Å². The summed E-state index contributed by atoms with van der Waals surface area (Å²) >= 11 is 0. The molecule has 0 aromatic carbocycles. The van der Waals surface area contributed by atoms with Crippen molar-refractivity contribution in [3.05, 3.63) is 11.6 Å². The standard InChI is InChI=1S/C9H13NO2/c11-9(12)8-5-6-3-1-2-4-7(6)10-8/h3,7-8,10H,1-2,4-5H2,(H,11,12)/t7?,8-/m0/s1. The van der Waals surface area contributed by atoms with Gasteiger partial charge in [0.05, 0.1) is 0 Å². The first-order valence-corrected chi connectivity index (χ1v) is 4.45. The third-order valence-electron chi connectivity index (χ3n) is 2.69. The molecule has 1 fully saturated rings. The molecule has 0 saturated carbocycles. The van der Waals surface area contributed by atoms with Gasteiger partial charge < -0.3 is 5.11 Å². The van der Waals surface area contributed by atoms with E-state index in [4.69, 9.17) is 5.11 Å². The molecule has 2 atom stereocenters. The van der Waals surface area contributed by atoms with E-state index < -0.39 is 5.97 Å². The van der Waals surface area contributed by atoms with Crippen molar-refractivity contribution >= 4 is 5.97 Å². The number of carboxylic acid groups (broad SMARTS) is 1. The lowest BCUT2D eigenvalue weighted by Gasteiger charge is -2.16. The minimum absolute atomic E-state index is 0.334. The van der Waals surface area contributed by atoms with Gasteiger partial charge in [-0.15, -0.1) is 0 Å². The van der Waals surface area contributed by atoms with Gasteiger partial charge in [0, 0.05) is 6.04 Å². The topological polar surface area (TPSA) is 49.3 Å². The van der Waals surface area contributed by atoms with E-state index in [1.165, 1.54) is 12.0 Å². The van der Waals surface area contributed by atoms with Gasteiger partial charge in [0.1, 0.15) is 6.04 Å². The Kier molecular flexibility index (Phi) is 1.89. The van der Waals surface area contributed by atoms with E-state index >= 15 is 0 Å². The number of allylic oxidation sites excluding steroid dienone is 1. The molecule has 1 unspecified atom stereocenters. The molecule has 1 heterocycles. The maximum Gasteiger partial charge on any atom is 0.321 e. The zero-order valence-corrected chi connectivity index (χ0v) is 6.92. The number of rotatable bonds is 1. The van der Waals surface area contributed by atoms with Gasteiger partial charge in [-0.05, 0) is 25.7 Å². The van der Waals surface area contributed by atoms with Gasteiger partial charge in [-0.3, -0.25) is 10.1 Å². The predicted octanol–water partition coefficient (Wildman–Crippen LogP) is 0.912. The molecule has 3 nitrogen and oxygen atoms in total. The average Bonchev–Trinajstić information content (AvgIpc) is 2.46. The van der Waals surface area contributed by atoms with Crippen LogP contribution in [0.3, 0.4) is 0 Å². The van der Waals surface area contributed by atoms with Gasteiger partial charge in [-0.25, -0.2) is 0 Å². The van der Waals surface area contributed by atoms with Crippen LogP contribution < -0.4 is 5.32 Å². The fraction of sp³-hybridized carbons (Fsp3) is 0.667. The number of hydrogen-bond acceptors (Lipinski definition) is 2. The minimum atomic E-state index is -0.717. The first-order valence-electron chi connectivity index (χ1n) is 4.45. The molecule has 2 N–H and O–H groups in total. The molecule has 0 spiro atoms. The summed E-state index contributed by atoms with van der Waals surface area (Å²) in [6.07, 6.45) is 6.33. The van der Waals surface area contributed by atoms with Crippen molar-refractivity contribution in [3.63, 3.8) is 0 Å². The Bertz CT molecular complexity index is 235. The van der Waals surface area contributed by atoms with Crippen molar-refractivity contribution in [2.45, 2.75) is 37.8 Å². The van der Waals surface area contributed by atoms with E-state index in [0.717, 1.165) is 12.8 Å². The van der Waals surface area contributed by atoms with Gasteiger partial charge in [0.2, 0.25) is 0 Å². The number of carbonyl (C=O) groups is 1. The van der Waals surface area contributed by atoms with Gasteiger partial charge in [-0.2, -0.15) is 0 Å². The van der Waals surface area contributed by atoms with Crippen molar-refractivity contribution in [3.8, 4) is 0 Å². The predicted molar refractivity (Wildman–Crippen MR) is 44.9 cm³/mol. The van der Waals surface area contributed by atoms with E-state index in [-0.39, 0.29) is 6.04 Å². The Morgan fingerprint density at radius 3 is 3.17 bits per heavy atom. The summed E-state index contributed by atoms with van der Waals surface area (Å²) in [7, 11) is 0. The minimum Gasteiger partial charge on any atom is -0.480 e. The monoisotopic (exact) mass is 167 g/mol. The largest absolute Gasteiger partial charge is 0.480 e. The van der Waals surface area contributed by atoms with Crippen LogP contribution in [-0.2, 0) is 4.79 Å². The Morgan fingerprint density at radius 2 is 2.50 bits per heavy atom. The van der Waals surface area contributed by atoms with Crippen LogP contribution in [0.4, 0.5) is 0 Å². The van der Waals surface area contributed by atoms with E-state index in [0.29, 0.717) is 12.5 Å². The first kappa shape index (κ1) is 7.80. The van der Waals surface area contributed by atoms with Crippen molar-refractivity contribution < 1.29 is 9.90 Å². The Balaban J connectivity index is 2.09. The van der Waals surface area contributed by atoms with Crippen LogP contribution in [0.2, 0.25) is 0 Å². The zero-order valence-electron chi connectivity index (χ0n) is 6.92. The normalized spacial score (nSPS) is 34.2. The lowest BCUT2D eigenvalue weighted by atomic mass is 9.95. The average molecular weight is 167 g/mol. The van der Waals surface area contributed by atoms with Crippen molar-refractivity contribution in [2.24, 2.45) is 0 Å². The van der Waals surface area contributed by atoms with E-state index in [1.807, 2.05) is 0 Å². The molecule has 2 aliphatic rings. The molecule has 0 aromatic rings. The summed E-state index contributed by atoms with van der Waals surface area (Å²) in [5.74, 6) is -0.717. The Morgan fingerprint density at radius 1 is 1.67 bits per heavy atom. The lowest BCUT2D eigenvalue weighted by Crippen LogP contribution is -2.35. The molecule has 2 rings (SSSR count). The van der Waals surface area contributed by atoms with Gasteiger partial charge in [0.25, 0.3) is 0 Å². The Labute approximate surface area is 71.5 Å². The number of hydrogen-bond donors (Lipinski definition) is 2. The first-order chi connectivity index (χ1) is 5.77. The molecule has 1 aliphatic heterocycles. The molecule has 3 heteroatoms. The summed E-state index contributed by atoms with van der Waals surface area (Å²) in [4.78, 5) is 10.7. The molecule has 0 radical (unpaired) electrons. The van der Waals surface area contributed by atoms with Crippen molar-refractivity contribution in [1.82, 2.24) is 5.32 Å². The summed E-state index contributed by atoms with van der Waals surface area (Å²) in [6.45, 7) is 0. The Hall–Kier alpha value is -0.830. The van der Waals surface area contributed by atoms with Gasteiger partial charge >= 0.3 is 5.97 Å². The van der Waals surface area contributed by atoms with Crippen LogP contribution in [0.25, 0.3) is 0 Å². The second kappa shape index (κ2) is 2.90. The number of carboxylic acids is 1. The second-order valence-corrected chi connectivity index (χ2v) is 3.52. The highest BCUT2D eigenvalue weighted by atomic mass is 16.4. The molecular weight excluding hydrogens is 154 g/mol. The lowest BCUT2D eigenvalue weighted by molar-refractivity contribution is -0.139. The maximum absolute atomic E-state index is 10.7. The van der Waals surface area contributed by atoms with Gasteiger partial charge in [0.15, 0.2) is 0 Å². The third kappa shape index (κ3) is 1.25. The molecular formula is C9H13NO2. The SMILES string of the molecule is O=C(O)[C@@H]1CC2=CCCCC2N1. The highest BCUT2D eigenvalue weighted by molar-refractivity contribution is 5.75. The summed E-state index contributed by atoms with van der Waals surface area (Å²) < 4.78 is 0. The van der Waals surface area contributed by atoms with Crippen LogP contribution in [-0.4, -0.2) is 23.2 Å². The molecule has 0 bridgehead atoms. The zero-order chi connectivity index (χ0) is 8.55. The van der Waals surface area contributed by atoms with Crippen LogP contribution in [0.5, 0.6) is 0 Å². The van der Waals surface area contributed by atoms with Crippen molar-refractivity contribution in [1.29, 1.82) is 0 Å². The molecule has 0 amide bonds. The number of aliphatic carboxylic acids is 1. The summed E-state index contributed by atoms with van der Waals surface area (Å²) in [6, 6.07) is 0.0270. The summed E-state index contributed by atoms with van der Waals surface area (Å²) in [5, 5.41) is 11.9. The molecule has 1 aliphatic carbocycles. The molecule has 66 valence electrons. The fourth-order valence-corrected chi connectivity index (χ4v) is 2.05. The van der Waals surface area contributed by atoms with E-state index in [2.05, 4.69) is 11.4 Å². The fourth-order valence-electron chi connectivity index (χ4n) is 2.05. The third-order valence-corrected chi connectivity index (χ3v) is 2.69. The quantitative estimate of drug-likeness (QED) is 0.571. The second-order valence-electron chi connectivity index (χ2n) is 3.52. The van der Waals surface area contributed by atoms with Crippen LogP contribution in [0.15, 0.2) is 11.6 Å². The van der Waals surface area contributed by atoms with Gasteiger partial charge in [-0.1, -0.05) is 11.6 Å². The van der Waals surface area contributed by atoms with Crippen LogP contribution >= 0.6 is 0 Å². The smallest absolute Gasteiger partial charge is 0.321 e. The highest BCUT2D eigenvalue weighted by Gasteiger charge is 2.33. The molecule has 1 saturated heterocycles. The van der Waals surface area contributed by atoms with Crippen LogP contribution in [0.1, 0.15) is 25.7 Å². The van der Waals surface area contributed by atoms with E-state index in [1.54, 1.807) is 0 Å². The summed E-state index contributed by atoms with van der Waals surface area (Å²) in [5.41, 5.74) is 1.31. The highest BCUT2D eigenvalue weighted by Crippen LogP contribution is 2.28. The maximum atomic E-state index is 10.7. The number of nitrogens with one attached hydrogen (secondary N) is 1. The molecule has 12 heavy (non-hydrogen) atoms. The molecule has 0 aromatic heterocycles. The van der Waals surface area contributed by atoms with Crippen LogP contribution in [0, 0.1) is 0 Å². The van der Waals surface area contributed by atoms with Crippen molar-refractivity contribution in [2.75, 3.05) is 0 Å². The number of fused-ring (bicyclic) bond motifs is 1.